The highest BCUT2D eigenvalue weighted by atomic mass is 16.5. The summed E-state index contributed by atoms with van der Waals surface area (Å²) in [4.78, 5) is 12.3. The summed E-state index contributed by atoms with van der Waals surface area (Å²) in [5, 5.41) is 22.0. The lowest BCUT2D eigenvalue weighted by Crippen LogP contribution is -2.24. The number of hydrogen-bond donors (Lipinski definition) is 2. The highest BCUT2D eigenvalue weighted by molar-refractivity contribution is 5.97. The van der Waals surface area contributed by atoms with E-state index in [9.17, 15) is 15.2 Å². The Morgan fingerprint density at radius 3 is 2.45 bits per heavy atom. The Morgan fingerprint density at radius 2 is 1.86 bits per heavy atom. The number of carbonyl (C=O) groups is 1. The molecule has 1 amide bonds. The number of benzene rings is 2. The molecule has 0 saturated heterocycles. The standard InChI is InChI=1S/C23H24N2O4/c1-15-7-5-10-19(16(15)2)14-25-23(27)18(13-24)9-6-8-17-11-20(28-3)22(26)21(12-17)29-4/h5-12,26H,14H2,1-4H3,(H,25,27)/b8-6+,18-9+. The van der Waals surface area contributed by atoms with Crippen molar-refractivity contribution in [3.8, 4) is 23.3 Å². The first kappa shape index (κ1) is 21.6. The molecule has 0 aliphatic rings. The quantitative estimate of drug-likeness (QED) is 0.425. The molecule has 0 aliphatic carbocycles. The van der Waals surface area contributed by atoms with Gasteiger partial charge >= 0.3 is 0 Å². The van der Waals surface area contributed by atoms with Crippen LogP contribution in [0.1, 0.15) is 22.3 Å². The molecule has 2 aromatic carbocycles. The van der Waals surface area contributed by atoms with Gasteiger partial charge in [0.2, 0.25) is 5.75 Å². The van der Waals surface area contributed by atoms with Gasteiger partial charge in [0.1, 0.15) is 11.6 Å². The number of aromatic hydroxyl groups is 1. The van der Waals surface area contributed by atoms with Gasteiger partial charge in [0.25, 0.3) is 5.91 Å². The topological polar surface area (TPSA) is 91.6 Å². The fourth-order valence-electron chi connectivity index (χ4n) is 2.70. The average molecular weight is 392 g/mol. The van der Waals surface area contributed by atoms with E-state index in [1.807, 2.05) is 38.1 Å². The zero-order chi connectivity index (χ0) is 21.4. The molecule has 29 heavy (non-hydrogen) atoms. The summed E-state index contributed by atoms with van der Waals surface area (Å²) in [5.74, 6) is -0.00958. The van der Waals surface area contributed by atoms with Crippen LogP contribution in [0.15, 0.2) is 48.1 Å². The van der Waals surface area contributed by atoms with Crippen LogP contribution in [0.2, 0.25) is 0 Å². The third kappa shape index (κ3) is 5.39. The number of phenolic OH excluding ortho intramolecular Hbond substituents is 1. The molecule has 0 bridgehead atoms. The van der Waals surface area contributed by atoms with Gasteiger partial charge in [-0.15, -0.1) is 0 Å². The number of nitrogens with one attached hydrogen (secondary N) is 1. The van der Waals surface area contributed by atoms with Gasteiger partial charge < -0.3 is 19.9 Å². The molecule has 2 N–H and O–H groups in total. The second kappa shape index (κ2) is 10.00. The van der Waals surface area contributed by atoms with Crippen LogP contribution in [-0.2, 0) is 11.3 Å². The minimum atomic E-state index is -0.445. The summed E-state index contributed by atoms with van der Waals surface area (Å²) in [5.41, 5.74) is 3.94. The van der Waals surface area contributed by atoms with E-state index in [2.05, 4.69) is 5.32 Å². The third-order valence-corrected chi connectivity index (χ3v) is 4.57. The van der Waals surface area contributed by atoms with Gasteiger partial charge in [-0.2, -0.15) is 5.26 Å². The van der Waals surface area contributed by atoms with Crippen molar-refractivity contribution in [3.05, 3.63) is 70.3 Å². The van der Waals surface area contributed by atoms with Gasteiger partial charge in [0, 0.05) is 6.54 Å². The van der Waals surface area contributed by atoms with E-state index >= 15 is 0 Å². The molecule has 2 aromatic rings. The SMILES string of the molecule is COc1cc(/C=C/C=C(\C#N)C(=O)NCc2cccc(C)c2C)cc(OC)c1O. The molecule has 150 valence electrons. The smallest absolute Gasteiger partial charge is 0.262 e. The number of ether oxygens (including phenoxy) is 2. The third-order valence-electron chi connectivity index (χ3n) is 4.57. The van der Waals surface area contributed by atoms with Gasteiger partial charge in [-0.1, -0.05) is 30.4 Å². The molecule has 0 heterocycles. The van der Waals surface area contributed by atoms with Crippen LogP contribution >= 0.6 is 0 Å². The summed E-state index contributed by atoms with van der Waals surface area (Å²) in [6.45, 7) is 4.36. The van der Waals surface area contributed by atoms with Crippen molar-refractivity contribution in [2.24, 2.45) is 0 Å². The van der Waals surface area contributed by atoms with E-state index in [4.69, 9.17) is 9.47 Å². The number of methoxy groups -OCH3 is 2. The maximum Gasteiger partial charge on any atom is 0.262 e. The normalized spacial score (nSPS) is 11.2. The van der Waals surface area contributed by atoms with Crippen LogP contribution in [0, 0.1) is 25.2 Å². The van der Waals surface area contributed by atoms with Gasteiger partial charge in [-0.3, -0.25) is 4.79 Å². The van der Waals surface area contributed by atoms with Crippen LogP contribution in [0.4, 0.5) is 0 Å². The summed E-state index contributed by atoms with van der Waals surface area (Å²) in [7, 11) is 2.88. The second-order valence-electron chi connectivity index (χ2n) is 6.37. The molecule has 6 heteroatoms. The Balaban J connectivity index is 2.12. The van der Waals surface area contributed by atoms with Crippen LogP contribution in [0.25, 0.3) is 6.08 Å². The molecule has 6 nitrogen and oxygen atoms in total. The predicted octanol–water partition coefficient (Wildman–Crippen LogP) is 3.81. The van der Waals surface area contributed by atoms with Crippen molar-refractivity contribution in [2.45, 2.75) is 20.4 Å². The molecule has 0 unspecified atom stereocenters. The lowest BCUT2D eigenvalue weighted by molar-refractivity contribution is -0.117. The zero-order valence-corrected chi connectivity index (χ0v) is 16.9. The van der Waals surface area contributed by atoms with Crippen LogP contribution in [-0.4, -0.2) is 25.2 Å². The zero-order valence-electron chi connectivity index (χ0n) is 16.9. The second-order valence-corrected chi connectivity index (χ2v) is 6.37. The Hall–Kier alpha value is -3.72. The Bertz CT molecular complexity index is 975. The fraction of sp³-hybridized carbons (Fsp3) is 0.217. The van der Waals surface area contributed by atoms with E-state index < -0.39 is 5.91 Å². The van der Waals surface area contributed by atoms with Crippen molar-refractivity contribution in [1.82, 2.24) is 5.32 Å². The Kier molecular flexibility index (Phi) is 7.44. The number of carbonyl (C=O) groups excluding carboxylic acids is 1. The number of aryl methyl sites for hydroxylation is 1. The van der Waals surface area contributed by atoms with E-state index in [0.717, 1.165) is 16.7 Å². The molecule has 0 aliphatic heterocycles. The monoisotopic (exact) mass is 392 g/mol. The minimum absolute atomic E-state index is 0.00994. The largest absolute Gasteiger partial charge is 0.502 e. The van der Waals surface area contributed by atoms with Crippen LogP contribution in [0.3, 0.4) is 0 Å². The van der Waals surface area contributed by atoms with Crippen molar-refractivity contribution >= 4 is 12.0 Å². The summed E-state index contributed by atoms with van der Waals surface area (Å²) >= 11 is 0. The lowest BCUT2D eigenvalue weighted by Gasteiger charge is -2.09. The lowest BCUT2D eigenvalue weighted by atomic mass is 10.0. The molecule has 0 fully saturated rings. The number of rotatable bonds is 7. The van der Waals surface area contributed by atoms with E-state index in [1.54, 1.807) is 24.3 Å². The van der Waals surface area contributed by atoms with Crippen molar-refractivity contribution in [1.29, 1.82) is 5.26 Å². The Labute approximate surface area is 170 Å². The molecule has 0 saturated carbocycles. The van der Waals surface area contributed by atoms with Gasteiger partial charge in [0.05, 0.1) is 14.2 Å². The van der Waals surface area contributed by atoms with E-state index in [0.29, 0.717) is 12.1 Å². The maximum atomic E-state index is 12.3. The number of nitriles is 1. The molecule has 2 rings (SSSR count). The van der Waals surface area contributed by atoms with Crippen molar-refractivity contribution in [3.63, 3.8) is 0 Å². The summed E-state index contributed by atoms with van der Waals surface area (Å²) < 4.78 is 10.2. The molecule has 0 aromatic heterocycles. The maximum absolute atomic E-state index is 12.3. The van der Waals surface area contributed by atoms with E-state index in [-0.39, 0.29) is 22.8 Å². The molecular formula is C23H24N2O4. The summed E-state index contributed by atoms with van der Waals surface area (Å²) in [6, 6.07) is 11.1. The molecular weight excluding hydrogens is 368 g/mol. The highest BCUT2D eigenvalue weighted by Crippen LogP contribution is 2.37. The number of nitrogens with zero attached hydrogens (tertiary/aromatic N) is 1. The van der Waals surface area contributed by atoms with Gasteiger partial charge in [-0.25, -0.2) is 0 Å². The van der Waals surface area contributed by atoms with E-state index in [1.165, 1.54) is 20.3 Å². The minimum Gasteiger partial charge on any atom is -0.502 e. The van der Waals surface area contributed by atoms with Crippen molar-refractivity contribution in [2.75, 3.05) is 14.2 Å². The number of allylic oxidation sites excluding steroid dienone is 2. The van der Waals surface area contributed by atoms with Crippen LogP contribution in [0.5, 0.6) is 17.2 Å². The number of phenols is 1. The summed E-state index contributed by atoms with van der Waals surface area (Å²) in [6.07, 6.45) is 4.70. The predicted molar refractivity (Wildman–Crippen MR) is 112 cm³/mol. The molecule has 0 spiro atoms. The van der Waals surface area contributed by atoms with Gasteiger partial charge in [-0.05, 0) is 54.3 Å². The first-order chi connectivity index (χ1) is 13.9. The Morgan fingerprint density at radius 1 is 1.21 bits per heavy atom. The van der Waals surface area contributed by atoms with Gasteiger partial charge in [0.15, 0.2) is 11.5 Å². The fourth-order valence-corrected chi connectivity index (χ4v) is 2.70. The van der Waals surface area contributed by atoms with Crippen LogP contribution < -0.4 is 14.8 Å². The number of amides is 1. The first-order valence-corrected chi connectivity index (χ1v) is 8.98. The van der Waals surface area contributed by atoms with Crippen molar-refractivity contribution < 1.29 is 19.4 Å². The number of hydrogen-bond acceptors (Lipinski definition) is 5. The molecule has 0 radical (unpaired) electrons. The first-order valence-electron chi connectivity index (χ1n) is 8.98. The highest BCUT2D eigenvalue weighted by Gasteiger charge is 2.11. The average Bonchev–Trinajstić information content (AvgIpc) is 2.72. The molecule has 0 atom stereocenters.